The van der Waals surface area contributed by atoms with Gasteiger partial charge in [0.2, 0.25) is 16.2 Å². The zero-order valence-corrected chi connectivity index (χ0v) is 34.3. The number of benzene rings is 6. The van der Waals surface area contributed by atoms with Crippen molar-refractivity contribution < 1.29 is 19.2 Å². The SMILES string of the molecule is CCN(Cc1ccccc1)c1ccc([N+]#N)cc1.CCN(Cc1ccccc1)c1ccc([N+]#N)cc1.CCN(Cc1ccccc1)c1ccc([N+]#N)cc1.O=P([O-])([O-])[O-]. The molecule has 0 spiro atoms. The Morgan fingerprint density at radius 3 is 0.780 bits per heavy atom. The van der Waals surface area contributed by atoms with Gasteiger partial charge in [-0.1, -0.05) is 91.0 Å². The fourth-order valence-electron chi connectivity index (χ4n) is 5.76. The molecule has 0 unspecified atom stereocenters. The van der Waals surface area contributed by atoms with Crippen LogP contribution in [0, 0.1) is 16.2 Å². The highest BCUT2D eigenvalue weighted by Gasteiger charge is 2.11. The summed E-state index contributed by atoms with van der Waals surface area (Å²) in [6.45, 7) is 11.8. The Labute approximate surface area is 346 Å². The van der Waals surface area contributed by atoms with E-state index in [0.717, 1.165) is 56.3 Å². The third-order valence-corrected chi connectivity index (χ3v) is 8.78. The van der Waals surface area contributed by atoms with Crippen molar-refractivity contribution in [1.29, 1.82) is 16.2 Å². The summed E-state index contributed by atoms with van der Waals surface area (Å²) in [5.74, 6) is 0. The molecule has 0 amide bonds. The fourth-order valence-corrected chi connectivity index (χ4v) is 5.76. The third kappa shape index (κ3) is 17.8. The van der Waals surface area contributed by atoms with Crippen LogP contribution in [-0.2, 0) is 24.2 Å². The molecule has 0 saturated carbocycles. The molecular formula is C45H48N9O4P. The zero-order valence-electron chi connectivity index (χ0n) is 33.4. The van der Waals surface area contributed by atoms with Gasteiger partial charge < -0.3 is 33.9 Å². The molecular weight excluding hydrogens is 762 g/mol. The standard InChI is InChI=1S/3C15H16N3.H3O4P/c3*1-2-18(12-13-6-4-3-5-7-13)15-10-8-14(17-16)9-11-15;1-5(2,3)4/h3*3-11H,2,12H2,1H3;(H3,1,2,3,4)/q3*+1;/p-3. The van der Waals surface area contributed by atoms with E-state index in [1.54, 1.807) is 0 Å². The smallest absolute Gasteiger partial charge is 0.385 e. The van der Waals surface area contributed by atoms with Crippen LogP contribution in [0.4, 0.5) is 34.1 Å². The highest BCUT2D eigenvalue weighted by atomic mass is 31.2. The Hall–Kier alpha value is -6.91. The number of nitrogens with zero attached hydrogens (tertiary/aromatic N) is 9. The Bertz CT molecular complexity index is 2010. The van der Waals surface area contributed by atoms with Crippen LogP contribution in [0.3, 0.4) is 0 Å². The molecule has 0 aliphatic rings. The molecule has 0 bridgehead atoms. The van der Waals surface area contributed by atoms with E-state index in [4.69, 9.17) is 35.4 Å². The summed E-state index contributed by atoms with van der Waals surface area (Å²) >= 11 is 0. The minimum atomic E-state index is -5.39. The molecule has 302 valence electrons. The summed E-state index contributed by atoms with van der Waals surface area (Å²) in [6, 6.07) is 53.8. The third-order valence-electron chi connectivity index (χ3n) is 8.78. The van der Waals surface area contributed by atoms with Crippen LogP contribution >= 0.6 is 7.82 Å². The number of rotatable bonds is 12. The van der Waals surface area contributed by atoms with E-state index in [9.17, 15) is 0 Å². The van der Waals surface area contributed by atoms with Crippen LogP contribution in [0.25, 0.3) is 14.9 Å². The van der Waals surface area contributed by atoms with E-state index < -0.39 is 7.82 Å². The molecule has 0 saturated heterocycles. The van der Waals surface area contributed by atoms with Crippen molar-refractivity contribution in [3.8, 4) is 0 Å². The van der Waals surface area contributed by atoms with Crippen molar-refractivity contribution in [2.45, 2.75) is 40.4 Å². The Kier molecular flexibility index (Phi) is 20.0. The lowest BCUT2D eigenvalue weighted by Crippen LogP contribution is -2.24. The second-order valence-corrected chi connectivity index (χ2v) is 13.7. The number of diazo groups is 3. The molecule has 0 aliphatic carbocycles. The maximum Gasteiger partial charge on any atom is 0.385 e. The molecule has 6 aromatic rings. The number of hydrogen-bond donors (Lipinski definition) is 0. The summed E-state index contributed by atoms with van der Waals surface area (Å²) in [6.07, 6.45) is 0. The summed E-state index contributed by atoms with van der Waals surface area (Å²) < 4.78 is 8.55. The van der Waals surface area contributed by atoms with Gasteiger partial charge >= 0.3 is 17.1 Å². The van der Waals surface area contributed by atoms with E-state index >= 15 is 0 Å². The molecule has 0 atom stereocenters. The van der Waals surface area contributed by atoms with Crippen LogP contribution in [0.1, 0.15) is 37.5 Å². The summed E-state index contributed by atoms with van der Waals surface area (Å²) in [4.78, 5) is 42.0. The highest BCUT2D eigenvalue weighted by molar-refractivity contribution is 7.40. The Balaban J connectivity index is 0.000000223. The van der Waals surface area contributed by atoms with Gasteiger partial charge in [-0.3, -0.25) is 0 Å². The molecule has 6 rings (SSSR count). The highest BCUT2D eigenvalue weighted by Crippen LogP contribution is 2.24. The molecule has 59 heavy (non-hydrogen) atoms. The molecule has 0 fully saturated rings. The molecule has 6 aromatic carbocycles. The quantitative estimate of drug-likeness (QED) is 0.0853. The van der Waals surface area contributed by atoms with Crippen LogP contribution in [0.2, 0.25) is 0 Å². The molecule has 0 heterocycles. The second-order valence-electron chi connectivity index (χ2n) is 12.8. The predicted octanol–water partition coefficient (Wildman–Crippen LogP) is 9.77. The van der Waals surface area contributed by atoms with Crippen molar-refractivity contribution in [1.82, 2.24) is 0 Å². The first kappa shape index (κ1) is 46.5. The molecule has 14 heteroatoms. The average Bonchev–Trinajstić information content (AvgIpc) is 3.27. The van der Waals surface area contributed by atoms with Crippen molar-refractivity contribution in [3.63, 3.8) is 0 Å². The largest absolute Gasteiger partial charge is 0.822 e. The van der Waals surface area contributed by atoms with Crippen molar-refractivity contribution >= 4 is 41.9 Å². The lowest BCUT2D eigenvalue weighted by Gasteiger charge is -2.36. The first-order valence-corrected chi connectivity index (χ1v) is 20.4. The second kappa shape index (κ2) is 25.4. The minimum Gasteiger partial charge on any atom is -0.822 e. The Morgan fingerprint density at radius 1 is 0.407 bits per heavy atom. The average molecular weight is 810 g/mol. The maximum absolute atomic E-state index is 8.67. The van der Waals surface area contributed by atoms with Crippen LogP contribution in [0.5, 0.6) is 0 Å². The van der Waals surface area contributed by atoms with Crippen LogP contribution < -0.4 is 29.4 Å². The van der Waals surface area contributed by atoms with Crippen molar-refractivity contribution in [3.05, 3.63) is 195 Å². The van der Waals surface area contributed by atoms with Gasteiger partial charge in [-0.25, -0.2) is 0 Å². The van der Waals surface area contributed by atoms with Crippen LogP contribution in [-0.4, -0.2) is 19.6 Å². The fraction of sp³-hybridized carbons (Fsp3) is 0.200. The van der Waals surface area contributed by atoms with E-state index in [0.29, 0.717) is 17.1 Å². The predicted molar refractivity (Wildman–Crippen MR) is 231 cm³/mol. The van der Waals surface area contributed by atoms with Crippen LogP contribution in [0.15, 0.2) is 164 Å². The van der Waals surface area contributed by atoms with Gasteiger partial charge in [0.05, 0.1) is 0 Å². The van der Waals surface area contributed by atoms with E-state index in [1.807, 2.05) is 91.0 Å². The van der Waals surface area contributed by atoms with Crippen molar-refractivity contribution in [2.24, 2.45) is 0 Å². The van der Waals surface area contributed by atoms with Gasteiger partial charge in [0.1, 0.15) is 0 Å². The molecule has 0 N–H and O–H groups in total. The number of phosphoric acid groups is 1. The summed E-state index contributed by atoms with van der Waals surface area (Å²) in [7, 11) is -5.39. The number of hydrogen-bond acceptors (Lipinski definition) is 10. The first-order chi connectivity index (χ1) is 28.5. The van der Waals surface area contributed by atoms with Gasteiger partial charge in [0.25, 0.3) is 0 Å². The van der Waals surface area contributed by atoms with Gasteiger partial charge in [0, 0.05) is 92.7 Å². The lowest BCUT2D eigenvalue weighted by atomic mass is 10.2. The molecule has 0 radical (unpaired) electrons. The molecule has 0 aliphatic heterocycles. The lowest BCUT2D eigenvalue weighted by molar-refractivity contribution is -0.432. The summed E-state index contributed by atoms with van der Waals surface area (Å²) in [5.41, 5.74) is 9.00. The maximum atomic E-state index is 8.67. The van der Waals surface area contributed by atoms with Crippen molar-refractivity contribution in [2.75, 3.05) is 34.3 Å². The zero-order chi connectivity index (χ0) is 42.9. The van der Waals surface area contributed by atoms with Gasteiger partial charge in [-0.15, -0.1) is 0 Å². The van der Waals surface area contributed by atoms with Gasteiger partial charge in [-0.05, 0) is 73.9 Å². The van der Waals surface area contributed by atoms with Gasteiger partial charge in [-0.2, -0.15) is 7.82 Å². The Morgan fingerprint density at radius 2 is 0.610 bits per heavy atom. The summed E-state index contributed by atoms with van der Waals surface area (Å²) in [5, 5.41) is 26.0. The van der Waals surface area contributed by atoms with Gasteiger partial charge in [0.15, 0.2) is 14.9 Å². The van der Waals surface area contributed by atoms with E-state index in [1.165, 1.54) is 16.7 Å². The topological polar surface area (TPSA) is 180 Å². The van der Waals surface area contributed by atoms with E-state index in [2.05, 4.69) is 123 Å². The minimum absolute atomic E-state index is 0.578. The monoisotopic (exact) mass is 809 g/mol. The molecule has 0 aromatic heterocycles. The number of anilines is 3. The van der Waals surface area contributed by atoms with E-state index in [-0.39, 0.29) is 0 Å². The normalized spacial score (nSPS) is 9.95. The first-order valence-electron chi connectivity index (χ1n) is 18.9. The molecule has 13 nitrogen and oxygen atoms in total.